The normalized spacial score (nSPS) is 11.4. The predicted molar refractivity (Wildman–Crippen MR) is 120 cm³/mol. The predicted octanol–water partition coefficient (Wildman–Crippen LogP) is 4.34. The topological polar surface area (TPSA) is 64.6 Å². The first-order valence-electron chi connectivity index (χ1n) is 10.3. The van der Waals surface area contributed by atoms with Gasteiger partial charge in [-0.15, -0.1) is 0 Å². The van der Waals surface area contributed by atoms with Crippen molar-refractivity contribution in [3.05, 3.63) is 101 Å². The molecule has 5 nitrogen and oxygen atoms in total. The monoisotopic (exact) mass is 417 g/mol. The van der Waals surface area contributed by atoms with E-state index in [1.165, 1.54) is 5.56 Å². The van der Waals surface area contributed by atoms with Gasteiger partial charge in [-0.25, -0.2) is 4.79 Å². The van der Waals surface area contributed by atoms with E-state index in [1.807, 2.05) is 54.6 Å². The molecule has 0 bridgehead atoms. The molecule has 0 saturated carbocycles. The van der Waals surface area contributed by atoms with Crippen molar-refractivity contribution in [2.24, 2.45) is 0 Å². The number of amides is 1. The molecule has 0 aliphatic heterocycles. The number of aryl methyl sites for hydroxylation is 2. The molecule has 1 atom stereocenters. The van der Waals surface area contributed by atoms with Crippen LogP contribution in [0.3, 0.4) is 0 Å². The Labute approximate surface area is 183 Å². The van der Waals surface area contributed by atoms with Gasteiger partial charge in [0.1, 0.15) is 5.75 Å². The van der Waals surface area contributed by atoms with Crippen LogP contribution in [0.4, 0.5) is 0 Å². The third-order valence-electron chi connectivity index (χ3n) is 5.06. The quantitative estimate of drug-likeness (QED) is 0.526. The van der Waals surface area contributed by atoms with E-state index >= 15 is 0 Å². The summed E-state index contributed by atoms with van der Waals surface area (Å²) in [6, 6.07) is 24.9. The summed E-state index contributed by atoms with van der Waals surface area (Å²) in [5.74, 6) is -0.163. The highest BCUT2D eigenvalue weighted by atomic mass is 16.5. The van der Waals surface area contributed by atoms with E-state index in [0.717, 1.165) is 17.5 Å². The summed E-state index contributed by atoms with van der Waals surface area (Å²) < 4.78 is 10.7. The number of para-hydroxylation sites is 1. The molecular weight excluding hydrogens is 390 g/mol. The van der Waals surface area contributed by atoms with Crippen LogP contribution < -0.4 is 10.1 Å². The van der Waals surface area contributed by atoms with Crippen molar-refractivity contribution in [3.8, 4) is 5.75 Å². The van der Waals surface area contributed by atoms with Crippen molar-refractivity contribution in [1.82, 2.24) is 5.32 Å². The molecule has 31 heavy (non-hydrogen) atoms. The SMILES string of the molecule is COc1ccccc1CNC(=O)C(C)OC(=O)c1ccccc1CCc1ccccc1. The molecule has 160 valence electrons. The first kappa shape index (κ1) is 22.1. The van der Waals surface area contributed by atoms with Gasteiger partial charge >= 0.3 is 5.97 Å². The minimum absolute atomic E-state index is 0.290. The van der Waals surface area contributed by atoms with E-state index < -0.39 is 12.1 Å². The van der Waals surface area contributed by atoms with Crippen LogP contribution >= 0.6 is 0 Å². The second kappa shape index (κ2) is 11.0. The lowest BCUT2D eigenvalue weighted by Gasteiger charge is -2.16. The molecule has 3 aromatic rings. The Morgan fingerprint density at radius 1 is 0.839 bits per heavy atom. The number of esters is 1. The first-order valence-corrected chi connectivity index (χ1v) is 10.3. The van der Waals surface area contributed by atoms with E-state index in [2.05, 4.69) is 17.4 Å². The number of hydrogen-bond acceptors (Lipinski definition) is 4. The standard InChI is InChI=1S/C26H27NO4/c1-19(25(28)27-18-22-13-7-9-15-24(22)30-2)31-26(29)23-14-8-6-12-21(23)17-16-20-10-4-3-5-11-20/h3-15,19H,16-18H2,1-2H3,(H,27,28). The van der Waals surface area contributed by atoms with Crippen molar-refractivity contribution in [2.45, 2.75) is 32.4 Å². The third-order valence-corrected chi connectivity index (χ3v) is 5.06. The van der Waals surface area contributed by atoms with Crippen molar-refractivity contribution in [2.75, 3.05) is 7.11 Å². The second-order valence-electron chi connectivity index (χ2n) is 7.22. The van der Waals surface area contributed by atoms with Crippen molar-refractivity contribution < 1.29 is 19.1 Å². The van der Waals surface area contributed by atoms with E-state index in [-0.39, 0.29) is 5.91 Å². The van der Waals surface area contributed by atoms with Crippen molar-refractivity contribution >= 4 is 11.9 Å². The highest BCUT2D eigenvalue weighted by Crippen LogP contribution is 2.17. The summed E-state index contributed by atoms with van der Waals surface area (Å²) in [6.07, 6.45) is 0.619. The molecule has 5 heteroatoms. The maximum absolute atomic E-state index is 12.7. The average Bonchev–Trinajstić information content (AvgIpc) is 2.82. The van der Waals surface area contributed by atoms with Gasteiger partial charge in [0.15, 0.2) is 6.10 Å². The summed E-state index contributed by atoms with van der Waals surface area (Å²) in [6.45, 7) is 1.86. The van der Waals surface area contributed by atoms with Gasteiger partial charge in [0.25, 0.3) is 5.91 Å². The molecular formula is C26H27NO4. The van der Waals surface area contributed by atoms with Crippen LogP contribution in [0.15, 0.2) is 78.9 Å². The van der Waals surface area contributed by atoms with E-state index in [9.17, 15) is 9.59 Å². The molecule has 0 radical (unpaired) electrons. The molecule has 1 N–H and O–H groups in total. The lowest BCUT2D eigenvalue weighted by atomic mass is 10.00. The molecule has 0 spiro atoms. The maximum Gasteiger partial charge on any atom is 0.339 e. The van der Waals surface area contributed by atoms with Gasteiger partial charge in [-0.05, 0) is 43.0 Å². The van der Waals surface area contributed by atoms with E-state index in [1.54, 1.807) is 26.2 Å². The highest BCUT2D eigenvalue weighted by Gasteiger charge is 2.20. The van der Waals surface area contributed by atoms with Gasteiger partial charge in [-0.1, -0.05) is 66.7 Å². The molecule has 0 heterocycles. The molecule has 3 rings (SSSR count). The highest BCUT2D eigenvalue weighted by molar-refractivity contribution is 5.93. The number of carbonyl (C=O) groups excluding carboxylic acids is 2. The average molecular weight is 418 g/mol. The van der Waals surface area contributed by atoms with Crippen LogP contribution in [-0.4, -0.2) is 25.1 Å². The van der Waals surface area contributed by atoms with Crippen molar-refractivity contribution in [1.29, 1.82) is 0 Å². The van der Waals surface area contributed by atoms with E-state index in [0.29, 0.717) is 24.3 Å². The molecule has 1 amide bonds. The Balaban J connectivity index is 1.58. The molecule has 0 aromatic heterocycles. The molecule has 0 aliphatic carbocycles. The molecule has 1 unspecified atom stereocenters. The van der Waals surface area contributed by atoms with Crippen LogP contribution in [-0.2, 0) is 28.9 Å². The number of ether oxygens (including phenoxy) is 2. The lowest BCUT2D eigenvalue weighted by molar-refractivity contribution is -0.129. The fourth-order valence-electron chi connectivity index (χ4n) is 3.31. The number of methoxy groups -OCH3 is 1. The molecule has 0 aliphatic rings. The Morgan fingerprint density at radius 3 is 2.23 bits per heavy atom. The zero-order valence-electron chi connectivity index (χ0n) is 17.8. The maximum atomic E-state index is 12.7. The fraction of sp³-hybridized carbons (Fsp3) is 0.231. The zero-order chi connectivity index (χ0) is 22.1. The van der Waals surface area contributed by atoms with Gasteiger partial charge < -0.3 is 14.8 Å². The van der Waals surface area contributed by atoms with Gasteiger partial charge in [0, 0.05) is 12.1 Å². The van der Waals surface area contributed by atoms with E-state index in [4.69, 9.17) is 9.47 Å². The van der Waals surface area contributed by atoms with Crippen LogP contribution in [0.25, 0.3) is 0 Å². The third kappa shape index (κ3) is 6.19. The number of rotatable bonds is 9. The minimum atomic E-state index is -0.913. The van der Waals surface area contributed by atoms with Gasteiger partial charge in [-0.2, -0.15) is 0 Å². The van der Waals surface area contributed by atoms with Crippen molar-refractivity contribution in [3.63, 3.8) is 0 Å². The number of hydrogen-bond donors (Lipinski definition) is 1. The summed E-state index contributed by atoms with van der Waals surface area (Å²) in [5, 5.41) is 2.80. The molecule has 3 aromatic carbocycles. The smallest absolute Gasteiger partial charge is 0.339 e. The van der Waals surface area contributed by atoms with Gasteiger partial charge in [0.05, 0.1) is 12.7 Å². The summed E-state index contributed by atoms with van der Waals surface area (Å²) >= 11 is 0. The van der Waals surface area contributed by atoms with Crippen LogP contribution in [0.2, 0.25) is 0 Å². The zero-order valence-corrected chi connectivity index (χ0v) is 17.8. The Kier molecular flexibility index (Phi) is 7.82. The van der Waals surface area contributed by atoms with Gasteiger partial charge in [-0.3, -0.25) is 4.79 Å². The summed E-state index contributed by atoms with van der Waals surface area (Å²) in [4.78, 5) is 25.2. The Hall–Kier alpha value is -3.60. The summed E-state index contributed by atoms with van der Waals surface area (Å²) in [7, 11) is 1.58. The fourth-order valence-corrected chi connectivity index (χ4v) is 3.31. The lowest BCUT2D eigenvalue weighted by Crippen LogP contribution is -2.35. The minimum Gasteiger partial charge on any atom is -0.496 e. The molecule has 0 saturated heterocycles. The molecule has 0 fully saturated rings. The Bertz CT molecular complexity index is 1020. The summed E-state index contributed by atoms with van der Waals surface area (Å²) in [5.41, 5.74) is 3.44. The number of benzene rings is 3. The number of carbonyl (C=O) groups is 2. The Morgan fingerprint density at radius 2 is 1.48 bits per heavy atom. The largest absolute Gasteiger partial charge is 0.496 e. The van der Waals surface area contributed by atoms with Gasteiger partial charge in [0.2, 0.25) is 0 Å². The van der Waals surface area contributed by atoms with Crippen LogP contribution in [0, 0.1) is 0 Å². The second-order valence-corrected chi connectivity index (χ2v) is 7.22. The number of nitrogens with one attached hydrogen (secondary N) is 1. The first-order chi connectivity index (χ1) is 15.1. The van der Waals surface area contributed by atoms with Crippen LogP contribution in [0.5, 0.6) is 5.75 Å². The van der Waals surface area contributed by atoms with Crippen LogP contribution in [0.1, 0.15) is 34.0 Å².